The number of halogens is 1. The normalized spacial score (nSPS) is 19.4. The van der Waals surface area contributed by atoms with Crippen molar-refractivity contribution in [1.29, 1.82) is 0 Å². The second-order valence-electron chi connectivity index (χ2n) is 4.96. The molecule has 0 aliphatic carbocycles. The molecule has 106 valence electrons. The van der Waals surface area contributed by atoms with E-state index >= 15 is 0 Å². The van der Waals surface area contributed by atoms with Gasteiger partial charge in [-0.15, -0.1) is 0 Å². The first-order valence-electron chi connectivity index (χ1n) is 6.65. The van der Waals surface area contributed by atoms with Gasteiger partial charge in [-0.1, -0.05) is 17.7 Å². The van der Waals surface area contributed by atoms with Crippen LogP contribution in [-0.2, 0) is 16.0 Å². The van der Waals surface area contributed by atoms with Gasteiger partial charge in [0.05, 0.1) is 38.0 Å². The van der Waals surface area contributed by atoms with E-state index < -0.39 is 0 Å². The maximum absolute atomic E-state index is 12.2. The zero-order valence-corrected chi connectivity index (χ0v) is 12.0. The lowest BCUT2D eigenvalue weighted by Gasteiger charge is -2.24. The van der Waals surface area contributed by atoms with E-state index in [2.05, 4.69) is 0 Å². The average molecular weight is 294 g/mol. The Kier molecular flexibility index (Phi) is 3.78. The van der Waals surface area contributed by atoms with Crippen LogP contribution >= 0.6 is 11.6 Å². The number of benzene rings is 1. The molecule has 1 aliphatic heterocycles. The summed E-state index contributed by atoms with van der Waals surface area (Å²) in [6, 6.07) is 7.20. The highest BCUT2D eigenvalue weighted by atomic mass is 35.5. The van der Waals surface area contributed by atoms with Gasteiger partial charge in [0.1, 0.15) is 0 Å². The Morgan fingerprint density at radius 3 is 2.85 bits per heavy atom. The van der Waals surface area contributed by atoms with Gasteiger partial charge in [0.2, 0.25) is 0 Å². The van der Waals surface area contributed by atoms with Gasteiger partial charge in [-0.2, -0.15) is 0 Å². The van der Waals surface area contributed by atoms with Gasteiger partial charge in [0.25, 0.3) is 5.56 Å². The van der Waals surface area contributed by atoms with Crippen LogP contribution in [0, 0.1) is 6.92 Å². The lowest BCUT2D eigenvalue weighted by molar-refractivity contribution is -0.0934. The van der Waals surface area contributed by atoms with Gasteiger partial charge in [0.15, 0.2) is 0 Å². The Morgan fingerprint density at radius 2 is 2.10 bits per heavy atom. The van der Waals surface area contributed by atoms with E-state index in [0.717, 1.165) is 16.5 Å². The van der Waals surface area contributed by atoms with Crippen molar-refractivity contribution in [1.82, 2.24) is 4.57 Å². The fraction of sp³-hybridized carbons (Fsp3) is 0.400. The molecular formula is C15H16ClNO3. The molecular weight excluding hydrogens is 278 g/mol. The third-order valence-corrected chi connectivity index (χ3v) is 4.02. The number of pyridine rings is 1. The molecule has 0 bridgehead atoms. The van der Waals surface area contributed by atoms with Crippen LogP contribution in [0.1, 0.15) is 5.56 Å². The SMILES string of the molecule is Cc1c(Cl)ccc2ccc(=O)n(CC3COCCO3)c12. The summed E-state index contributed by atoms with van der Waals surface area (Å²) in [5.74, 6) is 0. The van der Waals surface area contributed by atoms with E-state index in [1.165, 1.54) is 0 Å². The standard InChI is InChI=1S/C15H16ClNO3/c1-10-13(16)4-2-11-3-5-14(18)17(15(10)11)8-12-9-19-6-7-20-12/h2-5,12H,6-9H2,1H3. The minimum absolute atomic E-state index is 0.0444. The van der Waals surface area contributed by atoms with Crippen LogP contribution < -0.4 is 5.56 Å². The van der Waals surface area contributed by atoms with Crippen LogP contribution in [0.5, 0.6) is 0 Å². The molecule has 4 nitrogen and oxygen atoms in total. The van der Waals surface area contributed by atoms with Crippen LogP contribution in [0.4, 0.5) is 0 Å². The van der Waals surface area contributed by atoms with Crippen molar-refractivity contribution in [3.63, 3.8) is 0 Å². The fourth-order valence-electron chi connectivity index (χ4n) is 2.58. The molecule has 0 radical (unpaired) electrons. The molecule has 0 N–H and O–H groups in total. The topological polar surface area (TPSA) is 40.5 Å². The van der Waals surface area contributed by atoms with Crippen molar-refractivity contribution < 1.29 is 9.47 Å². The Labute approximate surface area is 121 Å². The molecule has 3 rings (SSSR count). The molecule has 0 amide bonds. The highest BCUT2D eigenvalue weighted by molar-refractivity contribution is 6.32. The average Bonchev–Trinajstić information content (AvgIpc) is 2.47. The summed E-state index contributed by atoms with van der Waals surface area (Å²) in [5.41, 5.74) is 1.75. The first kappa shape index (κ1) is 13.6. The molecule has 0 spiro atoms. The summed E-state index contributed by atoms with van der Waals surface area (Å²) in [6.45, 7) is 4.12. The highest BCUT2D eigenvalue weighted by Gasteiger charge is 2.17. The largest absolute Gasteiger partial charge is 0.376 e. The van der Waals surface area contributed by atoms with Crippen molar-refractivity contribution in [3.8, 4) is 0 Å². The first-order valence-corrected chi connectivity index (χ1v) is 7.02. The van der Waals surface area contributed by atoms with Crippen molar-refractivity contribution in [2.24, 2.45) is 0 Å². The predicted octanol–water partition coefficient (Wildman–Crippen LogP) is 2.38. The second kappa shape index (κ2) is 5.56. The Balaban J connectivity index is 2.10. The Bertz CT molecular complexity index is 689. The quantitative estimate of drug-likeness (QED) is 0.853. The van der Waals surface area contributed by atoms with Crippen LogP contribution in [0.2, 0.25) is 5.02 Å². The number of ether oxygens (including phenoxy) is 2. The van der Waals surface area contributed by atoms with Gasteiger partial charge in [-0.05, 0) is 30.0 Å². The van der Waals surface area contributed by atoms with Crippen LogP contribution in [0.25, 0.3) is 10.9 Å². The van der Waals surface area contributed by atoms with Crippen molar-refractivity contribution in [2.45, 2.75) is 19.6 Å². The third kappa shape index (κ3) is 2.46. The number of aryl methyl sites for hydroxylation is 1. The van der Waals surface area contributed by atoms with E-state index in [1.54, 1.807) is 10.6 Å². The minimum atomic E-state index is -0.0922. The van der Waals surface area contributed by atoms with E-state index in [0.29, 0.717) is 31.4 Å². The Hall–Kier alpha value is -1.36. The third-order valence-electron chi connectivity index (χ3n) is 3.61. The minimum Gasteiger partial charge on any atom is -0.376 e. The molecule has 1 unspecified atom stereocenters. The van der Waals surface area contributed by atoms with Gasteiger partial charge >= 0.3 is 0 Å². The predicted molar refractivity (Wildman–Crippen MR) is 78.5 cm³/mol. The van der Waals surface area contributed by atoms with Gasteiger partial charge in [-0.25, -0.2) is 0 Å². The fourth-order valence-corrected chi connectivity index (χ4v) is 2.73. The number of rotatable bonds is 2. The molecule has 1 fully saturated rings. The molecule has 0 saturated carbocycles. The Morgan fingerprint density at radius 1 is 1.30 bits per heavy atom. The maximum Gasteiger partial charge on any atom is 0.251 e. The molecule has 2 heterocycles. The lowest BCUT2D eigenvalue weighted by Crippen LogP contribution is -2.35. The van der Waals surface area contributed by atoms with E-state index in [-0.39, 0.29) is 11.7 Å². The monoisotopic (exact) mass is 293 g/mol. The molecule has 20 heavy (non-hydrogen) atoms. The summed E-state index contributed by atoms with van der Waals surface area (Å²) in [7, 11) is 0. The van der Waals surface area contributed by atoms with E-state index in [9.17, 15) is 4.79 Å². The second-order valence-corrected chi connectivity index (χ2v) is 5.37. The number of nitrogens with zero attached hydrogens (tertiary/aromatic N) is 1. The van der Waals surface area contributed by atoms with E-state index in [4.69, 9.17) is 21.1 Å². The van der Waals surface area contributed by atoms with Crippen molar-refractivity contribution in [2.75, 3.05) is 19.8 Å². The summed E-state index contributed by atoms with van der Waals surface area (Å²) in [6.07, 6.45) is -0.0922. The van der Waals surface area contributed by atoms with Crippen molar-refractivity contribution >= 4 is 22.5 Å². The summed E-state index contributed by atoms with van der Waals surface area (Å²) < 4.78 is 12.8. The van der Waals surface area contributed by atoms with Crippen LogP contribution in [0.15, 0.2) is 29.1 Å². The van der Waals surface area contributed by atoms with Crippen molar-refractivity contribution in [3.05, 3.63) is 45.2 Å². The molecule has 1 aromatic carbocycles. The molecule has 2 aromatic rings. The zero-order valence-electron chi connectivity index (χ0n) is 11.3. The summed E-state index contributed by atoms with van der Waals surface area (Å²) >= 11 is 6.18. The smallest absolute Gasteiger partial charge is 0.251 e. The molecule has 5 heteroatoms. The van der Waals surface area contributed by atoms with Gasteiger partial charge in [-0.3, -0.25) is 4.79 Å². The van der Waals surface area contributed by atoms with E-state index in [1.807, 2.05) is 25.1 Å². The maximum atomic E-state index is 12.2. The molecule has 1 aromatic heterocycles. The lowest BCUT2D eigenvalue weighted by atomic mass is 10.1. The molecule has 1 saturated heterocycles. The van der Waals surface area contributed by atoms with Gasteiger partial charge in [0, 0.05) is 11.1 Å². The number of aromatic nitrogens is 1. The molecule has 1 aliphatic rings. The number of fused-ring (bicyclic) bond motifs is 1. The molecule has 1 atom stereocenters. The van der Waals surface area contributed by atoms with Gasteiger partial charge < -0.3 is 14.0 Å². The summed E-state index contributed by atoms with van der Waals surface area (Å²) in [4.78, 5) is 12.2. The number of hydrogen-bond donors (Lipinski definition) is 0. The number of hydrogen-bond acceptors (Lipinski definition) is 3. The summed E-state index contributed by atoms with van der Waals surface area (Å²) in [5, 5.41) is 1.67. The zero-order chi connectivity index (χ0) is 14.1. The van der Waals surface area contributed by atoms with Crippen LogP contribution in [-0.4, -0.2) is 30.5 Å². The highest BCUT2D eigenvalue weighted by Crippen LogP contribution is 2.24. The van der Waals surface area contributed by atoms with Crippen LogP contribution in [0.3, 0.4) is 0 Å². The first-order chi connectivity index (χ1) is 9.66.